The molecule has 168 valence electrons. The maximum atomic E-state index is 14.7. The fourth-order valence-electron chi connectivity index (χ4n) is 3.34. The van der Waals surface area contributed by atoms with Crippen molar-refractivity contribution in [3.63, 3.8) is 0 Å². The first-order valence-corrected chi connectivity index (χ1v) is 11.6. The van der Waals surface area contributed by atoms with Gasteiger partial charge >= 0.3 is 0 Å². The third kappa shape index (κ3) is 4.71. The summed E-state index contributed by atoms with van der Waals surface area (Å²) in [5.41, 5.74) is 0.828. The van der Waals surface area contributed by atoms with Crippen molar-refractivity contribution in [3.05, 3.63) is 59.3 Å². The Balaban J connectivity index is 1.60. The number of hydrogen-bond acceptors (Lipinski definition) is 5. The molecule has 3 aromatic rings. The van der Waals surface area contributed by atoms with Gasteiger partial charge in [0.05, 0.1) is 35.2 Å². The summed E-state index contributed by atoms with van der Waals surface area (Å²) in [6.07, 6.45) is 5.30. The highest BCUT2D eigenvalue weighted by molar-refractivity contribution is 7.85. The number of aromatic nitrogens is 2. The summed E-state index contributed by atoms with van der Waals surface area (Å²) in [5, 5.41) is 7.57. The van der Waals surface area contributed by atoms with Crippen LogP contribution in [-0.2, 0) is 26.1 Å². The molecule has 0 aliphatic heterocycles. The van der Waals surface area contributed by atoms with Gasteiger partial charge in [0.2, 0.25) is 5.91 Å². The molecule has 4 rings (SSSR count). The molecule has 1 amide bonds. The van der Waals surface area contributed by atoms with Gasteiger partial charge in [-0.2, -0.15) is 13.5 Å². The summed E-state index contributed by atoms with van der Waals surface area (Å²) >= 11 is 0. The lowest BCUT2D eigenvalue weighted by Gasteiger charge is -2.15. The summed E-state index contributed by atoms with van der Waals surface area (Å²) in [5.74, 6) is -1.47. The minimum Gasteiger partial charge on any atom is -0.323 e. The predicted molar refractivity (Wildman–Crippen MR) is 117 cm³/mol. The second-order valence-electron chi connectivity index (χ2n) is 7.94. The lowest BCUT2D eigenvalue weighted by molar-refractivity contribution is -0.122. The van der Waals surface area contributed by atoms with Crippen LogP contribution in [0.1, 0.15) is 24.1 Å². The number of anilines is 1. The van der Waals surface area contributed by atoms with Crippen molar-refractivity contribution in [1.29, 1.82) is 0 Å². The van der Waals surface area contributed by atoms with E-state index in [4.69, 9.17) is 4.18 Å². The first-order valence-electron chi connectivity index (χ1n) is 9.82. The van der Waals surface area contributed by atoms with E-state index in [9.17, 15) is 22.0 Å². The molecule has 0 saturated heterocycles. The average Bonchev–Trinajstić information content (AvgIpc) is 3.47. The topological polar surface area (TPSA) is 90.3 Å². The van der Waals surface area contributed by atoms with Crippen LogP contribution < -0.4 is 5.32 Å². The Hall–Kier alpha value is -3.11. The summed E-state index contributed by atoms with van der Waals surface area (Å²) in [6.45, 7) is -0.278. The second-order valence-corrected chi connectivity index (χ2v) is 9.59. The van der Waals surface area contributed by atoms with Gasteiger partial charge in [-0.15, -0.1) is 0 Å². The van der Waals surface area contributed by atoms with Crippen LogP contribution >= 0.6 is 0 Å². The average molecular weight is 461 g/mol. The Kier molecular flexibility index (Phi) is 5.59. The second kappa shape index (κ2) is 8.10. The minimum absolute atomic E-state index is 0.0300. The van der Waals surface area contributed by atoms with Gasteiger partial charge in [-0.05, 0) is 42.7 Å². The maximum absolute atomic E-state index is 14.7. The molecule has 0 bridgehead atoms. The standard InChI is InChI=1S/C22H21F2N3O4S/c1-27-20-12-17(24)19(25-21(28)22(9-10-22)13-31-32(2,29)30)11-16(20)18(26-27)8-5-14-3-6-15(23)7-4-14/h3-8,11-12H,9-10,13H2,1-2H3,(H,25,28)/b8-5+. The number of rotatable bonds is 7. The third-order valence-electron chi connectivity index (χ3n) is 5.40. The van der Waals surface area contributed by atoms with Crippen LogP contribution in [-0.4, -0.2) is 37.0 Å². The number of nitrogens with zero attached hydrogens (tertiary/aromatic N) is 2. The summed E-state index contributed by atoms with van der Waals surface area (Å²) < 4.78 is 56.6. The normalized spacial score (nSPS) is 15.4. The Morgan fingerprint density at radius 3 is 2.53 bits per heavy atom. The van der Waals surface area contributed by atoms with Gasteiger partial charge in [0.25, 0.3) is 10.1 Å². The van der Waals surface area contributed by atoms with Crippen molar-refractivity contribution in [2.75, 3.05) is 18.2 Å². The first kappa shape index (κ1) is 22.1. The molecular weight excluding hydrogens is 440 g/mol. The van der Waals surface area contributed by atoms with Crippen molar-refractivity contribution in [3.8, 4) is 0 Å². The largest absolute Gasteiger partial charge is 0.323 e. The van der Waals surface area contributed by atoms with Crippen LogP contribution in [0.4, 0.5) is 14.5 Å². The Morgan fingerprint density at radius 2 is 1.91 bits per heavy atom. The molecule has 0 unspecified atom stereocenters. The molecule has 1 heterocycles. The van der Waals surface area contributed by atoms with Crippen molar-refractivity contribution >= 4 is 44.8 Å². The molecule has 2 aromatic carbocycles. The quantitative estimate of drug-likeness (QED) is 0.542. The van der Waals surface area contributed by atoms with E-state index in [-0.39, 0.29) is 18.1 Å². The van der Waals surface area contributed by atoms with Gasteiger partial charge in [0.1, 0.15) is 11.6 Å². The fourth-order valence-corrected chi connectivity index (χ4v) is 3.78. The summed E-state index contributed by atoms with van der Waals surface area (Å²) in [7, 11) is -2.01. The zero-order valence-electron chi connectivity index (χ0n) is 17.4. The maximum Gasteiger partial charge on any atom is 0.264 e. The molecule has 7 nitrogen and oxygen atoms in total. The number of benzene rings is 2. The Bertz CT molecular complexity index is 1330. The zero-order chi connectivity index (χ0) is 23.1. The summed E-state index contributed by atoms with van der Waals surface area (Å²) in [6, 6.07) is 8.71. The molecule has 10 heteroatoms. The predicted octanol–water partition coefficient (Wildman–Crippen LogP) is 3.72. The lowest BCUT2D eigenvalue weighted by Crippen LogP contribution is -2.29. The van der Waals surface area contributed by atoms with Gasteiger partial charge in [-0.25, -0.2) is 8.78 Å². The van der Waals surface area contributed by atoms with Crippen LogP contribution in [0.15, 0.2) is 36.4 Å². The van der Waals surface area contributed by atoms with E-state index >= 15 is 0 Å². The Labute approximate surface area is 183 Å². The Morgan fingerprint density at radius 1 is 1.22 bits per heavy atom. The van der Waals surface area contributed by atoms with Crippen molar-refractivity contribution in [1.82, 2.24) is 9.78 Å². The van der Waals surface area contributed by atoms with E-state index in [1.807, 2.05) is 0 Å². The van der Waals surface area contributed by atoms with Gasteiger partial charge < -0.3 is 5.32 Å². The molecular formula is C22H21F2N3O4S. The highest BCUT2D eigenvalue weighted by atomic mass is 32.2. The van der Waals surface area contributed by atoms with Crippen LogP contribution in [0.25, 0.3) is 23.1 Å². The van der Waals surface area contributed by atoms with E-state index < -0.39 is 27.3 Å². The SMILES string of the molecule is Cn1nc(/C=C/c2ccc(F)cc2)c2cc(NC(=O)C3(COS(C)(=O)=O)CC3)c(F)cc21. The highest BCUT2D eigenvalue weighted by Gasteiger charge is 2.51. The number of halogens is 2. The van der Waals surface area contributed by atoms with Gasteiger partial charge in [0.15, 0.2) is 0 Å². The summed E-state index contributed by atoms with van der Waals surface area (Å²) in [4.78, 5) is 12.7. The first-order chi connectivity index (χ1) is 15.1. The number of aryl methyl sites for hydroxylation is 1. The number of carbonyl (C=O) groups excluding carboxylic acids is 1. The number of nitrogens with one attached hydrogen (secondary N) is 1. The van der Waals surface area contributed by atoms with Gasteiger partial charge in [-0.3, -0.25) is 13.7 Å². The minimum atomic E-state index is -3.69. The van der Waals surface area contributed by atoms with E-state index in [0.717, 1.165) is 11.8 Å². The van der Waals surface area contributed by atoms with Gasteiger partial charge in [0, 0.05) is 18.5 Å². The molecule has 0 atom stereocenters. The van der Waals surface area contributed by atoms with Crippen molar-refractivity contribution in [2.24, 2.45) is 12.5 Å². The molecule has 1 aliphatic carbocycles. The molecule has 0 radical (unpaired) electrons. The monoisotopic (exact) mass is 461 g/mol. The molecule has 1 aromatic heterocycles. The molecule has 1 aliphatic rings. The molecule has 0 spiro atoms. The lowest BCUT2D eigenvalue weighted by atomic mass is 10.1. The number of hydrogen-bond donors (Lipinski definition) is 1. The van der Waals surface area contributed by atoms with E-state index in [1.54, 1.807) is 31.3 Å². The zero-order valence-corrected chi connectivity index (χ0v) is 18.2. The van der Waals surface area contributed by atoms with Crippen LogP contribution in [0.2, 0.25) is 0 Å². The number of fused-ring (bicyclic) bond motifs is 1. The smallest absolute Gasteiger partial charge is 0.264 e. The van der Waals surface area contributed by atoms with Gasteiger partial charge in [-0.1, -0.05) is 18.2 Å². The van der Waals surface area contributed by atoms with Crippen LogP contribution in [0.5, 0.6) is 0 Å². The highest BCUT2D eigenvalue weighted by Crippen LogP contribution is 2.47. The van der Waals surface area contributed by atoms with Crippen molar-refractivity contribution in [2.45, 2.75) is 12.8 Å². The molecule has 1 saturated carbocycles. The van der Waals surface area contributed by atoms with E-state index in [1.165, 1.54) is 28.9 Å². The van der Waals surface area contributed by atoms with E-state index in [0.29, 0.717) is 29.4 Å². The van der Waals surface area contributed by atoms with Crippen LogP contribution in [0, 0.1) is 17.0 Å². The fraction of sp³-hybridized carbons (Fsp3) is 0.273. The van der Waals surface area contributed by atoms with Crippen LogP contribution in [0.3, 0.4) is 0 Å². The molecule has 1 fully saturated rings. The van der Waals surface area contributed by atoms with Crippen molar-refractivity contribution < 1.29 is 26.2 Å². The van der Waals surface area contributed by atoms with E-state index in [2.05, 4.69) is 10.4 Å². The molecule has 32 heavy (non-hydrogen) atoms. The number of carbonyl (C=O) groups is 1. The molecule has 1 N–H and O–H groups in total. The third-order valence-corrected chi connectivity index (χ3v) is 5.95. The number of amides is 1.